The Morgan fingerprint density at radius 3 is 2.87 bits per heavy atom. The Morgan fingerprint density at radius 1 is 1.26 bits per heavy atom. The zero-order valence-corrected chi connectivity index (χ0v) is 12.9. The van der Waals surface area contributed by atoms with Crippen LogP contribution >= 0.6 is 0 Å². The summed E-state index contributed by atoms with van der Waals surface area (Å²) in [7, 11) is 0. The monoisotopic (exact) mass is 310 g/mol. The average molecular weight is 310 g/mol. The molecule has 2 aromatic carbocycles. The molecule has 1 unspecified atom stereocenters. The third-order valence-electron chi connectivity index (χ3n) is 4.48. The lowest BCUT2D eigenvalue weighted by Crippen LogP contribution is -2.30. The van der Waals surface area contributed by atoms with E-state index in [0.29, 0.717) is 24.2 Å². The number of fused-ring (bicyclic) bond motifs is 1. The molecule has 1 aliphatic carbocycles. The molecule has 1 aliphatic rings. The maximum absolute atomic E-state index is 14.1. The van der Waals surface area contributed by atoms with Gasteiger partial charge in [0.25, 0.3) is 0 Å². The molecule has 1 N–H and O–H groups in total. The quantitative estimate of drug-likeness (QED) is 0.922. The molecule has 1 atom stereocenters. The van der Waals surface area contributed by atoms with E-state index in [2.05, 4.69) is 23.1 Å². The van der Waals surface area contributed by atoms with Crippen molar-refractivity contribution in [1.29, 1.82) is 5.26 Å². The van der Waals surface area contributed by atoms with E-state index < -0.39 is 0 Å². The SMILES string of the molecule is N#Cc1ccc(F)c(CN(CCO)C2CCc3ccccc32)c1. The summed E-state index contributed by atoms with van der Waals surface area (Å²) >= 11 is 0. The summed E-state index contributed by atoms with van der Waals surface area (Å²) in [5, 5.41) is 18.4. The zero-order valence-electron chi connectivity index (χ0n) is 12.9. The largest absolute Gasteiger partial charge is 0.395 e. The molecular weight excluding hydrogens is 291 g/mol. The van der Waals surface area contributed by atoms with Crippen LogP contribution in [0.25, 0.3) is 0 Å². The number of aliphatic hydroxyl groups excluding tert-OH is 1. The van der Waals surface area contributed by atoms with Gasteiger partial charge in [-0.3, -0.25) is 4.90 Å². The van der Waals surface area contributed by atoms with Gasteiger partial charge in [-0.1, -0.05) is 24.3 Å². The molecule has 0 saturated carbocycles. The van der Waals surface area contributed by atoms with Gasteiger partial charge in [0.15, 0.2) is 0 Å². The Labute approximate surface area is 135 Å². The van der Waals surface area contributed by atoms with Gasteiger partial charge in [-0.15, -0.1) is 0 Å². The van der Waals surface area contributed by atoms with Crippen molar-refractivity contribution in [3.05, 3.63) is 70.5 Å². The topological polar surface area (TPSA) is 47.3 Å². The fourth-order valence-corrected chi connectivity index (χ4v) is 3.37. The predicted molar refractivity (Wildman–Crippen MR) is 86.1 cm³/mol. The van der Waals surface area contributed by atoms with Crippen LogP contribution in [-0.2, 0) is 13.0 Å². The van der Waals surface area contributed by atoms with Gasteiger partial charge < -0.3 is 5.11 Å². The Morgan fingerprint density at radius 2 is 2.09 bits per heavy atom. The Bertz CT molecular complexity index is 738. The maximum Gasteiger partial charge on any atom is 0.127 e. The van der Waals surface area contributed by atoms with Gasteiger partial charge in [-0.25, -0.2) is 4.39 Å². The van der Waals surface area contributed by atoms with E-state index in [4.69, 9.17) is 5.26 Å². The van der Waals surface area contributed by atoms with Crippen LogP contribution in [0.4, 0.5) is 4.39 Å². The summed E-state index contributed by atoms with van der Waals surface area (Å²) in [6, 6.07) is 15.0. The van der Waals surface area contributed by atoms with Crippen molar-refractivity contribution in [2.24, 2.45) is 0 Å². The van der Waals surface area contributed by atoms with Gasteiger partial charge >= 0.3 is 0 Å². The Hall–Kier alpha value is -2.22. The Kier molecular flexibility index (Phi) is 4.71. The first kappa shape index (κ1) is 15.7. The number of hydrogen-bond donors (Lipinski definition) is 1. The van der Waals surface area contributed by atoms with E-state index in [0.717, 1.165) is 12.8 Å². The lowest BCUT2D eigenvalue weighted by molar-refractivity contribution is 0.141. The number of halogens is 1. The molecule has 23 heavy (non-hydrogen) atoms. The van der Waals surface area contributed by atoms with E-state index in [1.807, 2.05) is 12.1 Å². The standard InChI is InChI=1S/C19H19FN2O/c20-18-7-5-14(12-21)11-16(18)13-22(9-10-23)19-8-6-15-3-1-2-4-17(15)19/h1-5,7,11,19,23H,6,8-10,13H2. The second-order valence-corrected chi connectivity index (χ2v) is 5.87. The summed E-state index contributed by atoms with van der Waals surface area (Å²) in [6.07, 6.45) is 1.97. The molecule has 0 fully saturated rings. The fourth-order valence-electron chi connectivity index (χ4n) is 3.37. The van der Waals surface area contributed by atoms with Crippen LogP contribution in [0.3, 0.4) is 0 Å². The molecule has 0 aliphatic heterocycles. The maximum atomic E-state index is 14.1. The van der Waals surface area contributed by atoms with Gasteiger partial charge in [0.1, 0.15) is 5.82 Å². The van der Waals surface area contributed by atoms with Crippen molar-refractivity contribution >= 4 is 0 Å². The molecule has 0 radical (unpaired) electrons. The van der Waals surface area contributed by atoms with E-state index in [9.17, 15) is 9.50 Å². The normalized spacial score (nSPS) is 16.3. The van der Waals surface area contributed by atoms with E-state index in [-0.39, 0.29) is 18.5 Å². The van der Waals surface area contributed by atoms with Crippen LogP contribution in [0.1, 0.15) is 34.7 Å². The smallest absolute Gasteiger partial charge is 0.127 e. The average Bonchev–Trinajstić information content (AvgIpc) is 3.00. The molecule has 4 heteroatoms. The number of aryl methyl sites for hydroxylation is 1. The van der Waals surface area contributed by atoms with E-state index >= 15 is 0 Å². The summed E-state index contributed by atoms with van der Waals surface area (Å²) in [4.78, 5) is 2.10. The number of nitriles is 1. The van der Waals surface area contributed by atoms with Crippen molar-refractivity contribution < 1.29 is 9.50 Å². The van der Waals surface area contributed by atoms with Gasteiger partial charge in [0, 0.05) is 24.7 Å². The highest BCUT2D eigenvalue weighted by Crippen LogP contribution is 2.36. The molecule has 3 rings (SSSR count). The first-order chi connectivity index (χ1) is 11.2. The van der Waals surface area contributed by atoms with Crippen molar-refractivity contribution in [2.75, 3.05) is 13.2 Å². The summed E-state index contributed by atoms with van der Waals surface area (Å²) in [5.74, 6) is -0.307. The molecule has 0 spiro atoms. The first-order valence-electron chi connectivity index (χ1n) is 7.84. The number of rotatable bonds is 5. The van der Waals surface area contributed by atoms with Gasteiger partial charge in [-0.05, 0) is 42.2 Å². The van der Waals surface area contributed by atoms with Crippen LogP contribution < -0.4 is 0 Å². The highest BCUT2D eigenvalue weighted by Gasteiger charge is 2.27. The van der Waals surface area contributed by atoms with Crippen LogP contribution in [0.15, 0.2) is 42.5 Å². The predicted octanol–water partition coefficient (Wildman–Crippen LogP) is 3.18. The van der Waals surface area contributed by atoms with Gasteiger partial charge in [-0.2, -0.15) is 5.26 Å². The molecule has 0 saturated heterocycles. The zero-order chi connectivity index (χ0) is 16.2. The first-order valence-corrected chi connectivity index (χ1v) is 7.84. The second kappa shape index (κ2) is 6.91. The molecule has 0 bridgehead atoms. The van der Waals surface area contributed by atoms with Crippen LogP contribution in [-0.4, -0.2) is 23.2 Å². The minimum Gasteiger partial charge on any atom is -0.395 e. The second-order valence-electron chi connectivity index (χ2n) is 5.87. The van der Waals surface area contributed by atoms with Crippen LogP contribution in [0.2, 0.25) is 0 Å². The molecule has 118 valence electrons. The summed E-state index contributed by atoms with van der Waals surface area (Å²) in [5.41, 5.74) is 3.54. The van der Waals surface area contributed by atoms with E-state index in [1.54, 1.807) is 6.07 Å². The third-order valence-corrected chi connectivity index (χ3v) is 4.48. The van der Waals surface area contributed by atoms with Gasteiger partial charge in [0.05, 0.1) is 18.2 Å². The van der Waals surface area contributed by atoms with Crippen molar-refractivity contribution in [3.63, 3.8) is 0 Å². The highest BCUT2D eigenvalue weighted by molar-refractivity contribution is 5.36. The van der Waals surface area contributed by atoms with E-state index in [1.165, 1.54) is 23.3 Å². The summed E-state index contributed by atoms with van der Waals surface area (Å²) in [6.45, 7) is 0.897. The minimum absolute atomic E-state index is 0.0260. The Balaban J connectivity index is 1.88. The number of nitrogens with zero attached hydrogens (tertiary/aromatic N) is 2. The van der Waals surface area contributed by atoms with Crippen LogP contribution in [0, 0.1) is 17.1 Å². The highest BCUT2D eigenvalue weighted by atomic mass is 19.1. The lowest BCUT2D eigenvalue weighted by Gasteiger charge is -2.29. The third kappa shape index (κ3) is 3.26. The fraction of sp³-hybridized carbons (Fsp3) is 0.316. The molecule has 3 nitrogen and oxygen atoms in total. The lowest BCUT2D eigenvalue weighted by atomic mass is 10.0. The molecule has 0 heterocycles. The van der Waals surface area contributed by atoms with Gasteiger partial charge in [0.2, 0.25) is 0 Å². The number of aliphatic hydroxyl groups is 1. The minimum atomic E-state index is -0.307. The summed E-state index contributed by atoms with van der Waals surface area (Å²) < 4.78 is 14.1. The van der Waals surface area contributed by atoms with Crippen molar-refractivity contribution in [2.45, 2.75) is 25.4 Å². The number of hydrogen-bond acceptors (Lipinski definition) is 3. The number of benzene rings is 2. The van der Waals surface area contributed by atoms with Crippen LogP contribution in [0.5, 0.6) is 0 Å². The van der Waals surface area contributed by atoms with Crippen molar-refractivity contribution in [1.82, 2.24) is 4.90 Å². The molecule has 0 amide bonds. The van der Waals surface area contributed by atoms with Crippen molar-refractivity contribution in [3.8, 4) is 6.07 Å². The molecule has 2 aromatic rings. The molecular formula is C19H19FN2O. The molecule has 0 aromatic heterocycles.